The molecule has 18 heavy (non-hydrogen) atoms. The SMILES string of the molecule is COc1ccc(CNc2nnn(C)n2)c(OC)c1. The average molecular weight is 249 g/mol. The van der Waals surface area contributed by atoms with E-state index in [1.165, 1.54) is 4.80 Å². The maximum absolute atomic E-state index is 5.30. The number of hydrogen-bond donors (Lipinski definition) is 1. The Morgan fingerprint density at radius 1 is 1.28 bits per heavy atom. The molecule has 1 N–H and O–H groups in total. The van der Waals surface area contributed by atoms with Gasteiger partial charge >= 0.3 is 0 Å². The molecule has 2 aromatic rings. The van der Waals surface area contributed by atoms with E-state index in [9.17, 15) is 0 Å². The van der Waals surface area contributed by atoms with E-state index in [0.29, 0.717) is 12.5 Å². The van der Waals surface area contributed by atoms with Crippen LogP contribution < -0.4 is 14.8 Å². The molecule has 0 aliphatic carbocycles. The number of hydrogen-bond acceptors (Lipinski definition) is 6. The van der Waals surface area contributed by atoms with Crippen molar-refractivity contribution in [2.24, 2.45) is 7.05 Å². The minimum Gasteiger partial charge on any atom is -0.497 e. The summed E-state index contributed by atoms with van der Waals surface area (Å²) < 4.78 is 10.4. The van der Waals surface area contributed by atoms with Crippen molar-refractivity contribution in [3.05, 3.63) is 23.8 Å². The zero-order chi connectivity index (χ0) is 13.0. The normalized spacial score (nSPS) is 10.2. The maximum Gasteiger partial charge on any atom is 0.263 e. The highest BCUT2D eigenvalue weighted by Gasteiger charge is 2.06. The molecule has 0 amide bonds. The molecule has 1 aromatic carbocycles. The Morgan fingerprint density at radius 3 is 2.72 bits per heavy atom. The first kappa shape index (κ1) is 12.2. The third kappa shape index (κ3) is 2.68. The quantitative estimate of drug-likeness (QED) is 0.846. The number of nitrogens with zero attached hydrogens (tertiary/aromatic N) is 4. The largest absolute Gasteiger partial charge is 0.497 e. The highest BCUT2D eigenvalue weighted by Crippen LogP contribution is 2.24. The summed E-state index contributed by atoms with van der Waals surface area (Å²) in [4.78, 5) is 1.40. The Hall–Kier alpha value is -2.31. The first-order valence-corrected chi connectivity index (χ1v) is 5.41. The Morgan fingerprint density at radius 2 is 2.11 bits per heavy atom. The number of rotatable bonds is 5. The Balaban J connectivity index is 2.08. The molecule has 7 nitrogen and oxygen atoms in total. The molecule has 0 spiro atoms. The average Bonchev–Trinajstić information content (AvgIpc) is 2.82. The van der Waals surface area contributed by atoms with Crippen LogP contribution in [0.15, 0.2) is 18.2 Å². The molecule has 1 heterocycles. The van der Waals surface area contributed by atoms with Crippen LogP contribution in [0.4, 0.5) is 5.95 Å². The lowest BCUT2D eigenvalue weighted by atomic mass is 10.2. The van der Waals surface area contributed by atoms with Crippen LogP contribution in [0.5, 0.6) is 11.5 Å². The second-order valence-electron chi connectivity index (χ2n) is 3.63. The number of aryl methyl sites for hydroxylation is 1. The van der Waals surface area contributed by atoms with Gasteiger partial charge in [-0.2, -0.15) is 4.80 Å². The number of methoxy groups -OCH3 is 2. The minimum absolute atomic E-state index is 0.482. The van der Waals surface area contributed by atoms with E-state index in [2.05, 4.69) is 20.7 Å². The first-order chi connectivity index (χ1) is 8.72. The predicted molar refractivity (Wildman–Crippen MR) is 65.7 cm³/mol. The fraction of sp³-hybridized carbons (Fsp3) is 0.364. The molecule has 0 saturated heterocycles. The molecular weight excluding hydrogens is 234 g/mol. The Bertz CT molecular complexity index is 526. The van der Waals surface area contributed by atoms with E-state index in [1.807, 2.05) is 18.2 Å². The molecule has 1 aromatic heterocycles. The molecule has 96 valence electrons. The third-order valence-electron chi connectivity index (χ3n) is 2.44. The van der Waals surface area contributed by atoms with Crippen LogP contribution in [0.25, 0.3) is 0 Å². The van der Waals surface area contributed by atoms with E-state index in [-0.39, 0.29) is 0 Å². The number of aromatic nitrogens is 4. The number of anilines is 1. The summed E-state index contributed by atoms with van der Waals surface area (Å²) in [5.41, 5.74) is 0.991. The molecule has 0 atom stereocenters. The van der Waals surface area contributed by atoms with E-state index in [4.69, 9.17) is 9.47 Å². The Labute approximate surface area is 105 Å². The summed E-state index contributed by atoms with van der Waals surface area (Å²) in [6.07, 6.45) is 0. The van der Waals surface area contributed by atoms with Gasteiger partial charge in [0.25, 0.3) is 5.95 Å². The fourth-order valence-electron chi connectivity index (χ4n) is 1.53. The van der Waals surface area contributed by atoms with Crippen molar-refractivity contribution < 1.29 is 9.47 Å². The number of ether oxygens (including phenoxy) is 2. The van der Waals surface area contributed by atoms with Gasteiger partial charge in [-0.15, -0.1) is 5.10 Å². The highest BCUT2D eigenvalue weighted by atomic mass is 16.5. The third-order valence-corrected chi connectivity index (χ3v) is 2.44. The van der Waals surface area contributed by atoms with Gasteiger partial charge in [-0.05, 0) is 17.3 Å². The summed E-state index contributed by atoms with van der Waals surface area (Å²) in [6.45, 7) is 0.554. The molecule has 2 rings (SSSR count). The van der Waals surface area contributed by atoms with Gasteiger partial charge in [0.1, 0.15) is 11.5 Å². The van der Waals surface area contributed by atoms with Gasteiger partial charge in [0, 0.05) is 18.2 Å². The minimum atomic E-state index is 0.482. The fourth-order valence-corrected chi connectivity index (χ4v) is 1.53. The van der Waals surface area contributed by atoms with Crippen LogP contribution in [0.2, 0.25) is 0 Å². The lowest BCUT2D eigenvalue weighted by Crippen LogP contribution is -2.03. The second-order valence-corrected chi connectivity index (χ2v) is 3.63. The second kappa shape index (κ2) is 5.35. The summed E-state index contributed by atoms with van der Waals surface area (Å²) in [7, 11) is 4.96. The van der Waals surface area contributed by atoms with Crippen molar-refractivity contribution in [3.8, 4) is 11.5 Å². The first-order valence-electron chi connectivity index (χ1n) is 5.41. The van der Waals surface area contributed by atoms with Crippen LogP contribution in [-0.2, 0) is 13.6 Å². The number of tetrazole rings is 1. The predicted octanol–water partition coefficient (Wildman–Crippen LogP) is 0.839. The molecule has 7 heteroatoms. The molecule has 0 aliphatic rings. The van der Waals surface area contributed by atoms with E-state index in [0.717, 1.165) is 17.1 Å². The van der Waals surface area contributed by atoms with E-state index >= 15 is 0 Å². The van der Waals surface area contributed by atoms with E-state index in [1.54, 1.807) is 21.3 Å². The highest BCUT2D eigenvalue weighted by molar-refractivity contribution is 5.42. The summed E-state index contributed by atoms with van der Waals surface area (Å²) in [5, 5.41) is 14.7. The summed E-state index contributed by atoms with van der Waals surface area (Å²) in [5.74, 6) is 1.99. The van der Waals surface area contributed by atoms with Crippen molar-refractivity contribution in [1.82, 2.24) is 20.2 Å². The number of nitrogens with one attached hydrogen (secondary N) is 1. The molecule has 0 fully saturated rings. The molecular formula is C11H15N5O2. The van der Waals surface area contributed by atoms with Crippen LogP contribution in [0.1, 0.15) is 5.56 Å². The number of benzene rings is 1. The molecule has 0 saturated carbocycles. The van der Waals surface area contributed by atoms with Gasteiger partial charge in [0.2, 0.25) is 0 Å². The van der Waals surface area contributed by atoms with Crippen LogP contribution in [0.3, 0.4) is 0 Å². The zero-order valence-corrected chi connectivity index (χ0v) is 10.5. The Kier molecular flexibility index (Phi) is 3.61. The lowest BCUT2D eigenvalue weighted by molar-refractivity contribution is 0.391. The smallest absolute Gasteiger partial charge is 0.263 e. The monoisotopic (exact) mass is 249 g/mol. The van der Waals surface area contributed by atoms with Crippen LogP contribution in [-0.4, -0.2) is 34.4 Å². The zero-order valence-electron chi connectivity index (χ0n) is 10.5. The van der Waals surface area contributed by atoms with Crippen molar-refractivity contribution in [3.63, 3.8) is 0 Å². The topological polar surface area (TPSA) is 74.1 Å². The van der Waals surface area contributed by atoms with Crippen molar-refractivity contribution in [1.29, 1.82) is 0 Å². The molecule has 0 unspecified atom stereocenters. The molecule has 0 aliphatic heterocycles. The van der Waals surface area contributed by atoms with Gasteiger partial charge in [-0.25, -0.2) is 0 Å². The van der Waals surface area contributed by atoms with Gasteiger partial charge in [0.15, 0.2) is 0 Å². The van der Waals surface area contributed by atoms with Crippen molar-refractivity contribution in [2.75, 3.05) is 19.5 Å². The van der Waals surface area contributed by atoms with Crippen molar-refractivity contribution >= 4 is 5.95 Å². The lowest BCUT2D eigenvalue weighted by Gasteiger charge is -2.10. The molecule has 0 bridgehead atoms. The van der Waals surface area contributed by atoms with Gasteiger partial charge in [-0.3, -0.25) is 0 Å². The summed E-state index contributed by atoms with van der Waals surface area (Å²) in [6, 6.07) is 5.64. The standard InChI is InChI=1S/C11H15N5O2/c1-16-14-11(13-15-16)12-7-8-4-5-9(17-2)6-10(8)18-3/h4-6H,7H2,1-3H3,(H,12,14). The van der Waals surface area contributed by atoms with E-state index < -0.39 is 0 Å². The van der Waals surface area contributed by atoms with Gasteiger partial charge < -0.3 is 14.8 Å². The van der Waals surface area contributed by atoms with Gasteiger partial charge in [-0.1, -0.05) is 5.10 Å². The van der Waals surface area contributed by atoms with Gasteiger partial charge in [0.05, 0.1) is 21.3 Å². The van der Waals surface area contributed by atoms with Crippen LogP contribution >= 0.6 is 0 Å². The molecule has 0 radical (unpaired) electrons. The maximum atomic E-state index is 5.30. The van der Waals surface area contributed by atoms with Crippen molar-refractivity contribution in [2.45, 2.75) is 6.54 Å². The van der Waals surface area contributed by atoms with Crippen LogP contribution in [0, 0.1) is 0 Å². The summed E-state index contributed by atoms with van der Waals surface area (Å²) >= 11 is 0.